The number of hydrogen-bond donors (Lipinski definition) is 0. The lowest BCUT2D eigenvalue weighted by molar-refractivity contribution is 0.262. The molecule has 2 aromatic carbocycles. The molecule has 0 bridgehead atoms. The Labute approximate surface area is 137 Å². The molecule has 0 radical (unpaired) electrons. The lowest BCUT2D eigenvalue weighted by Crippen LogP contribution is -2.06. The van der Waals surface area contributed by atoms with E-state index in [-0.39, 0.29) is 0 Å². The lowest BCUT2D eigenvalue weighted by atomic mass is 10.2. The number of para-hydroxylation sites is 2. The lowest BCUT2D eigenvalue weighted by Gasteiger charge is -2.24. The van der Waals surface area contributed by atoms with E-state index in [9.17, 15) is 0 Å². The number of rotatable bonds is 7. The van der Waals surface area contributed by atoms with Crippen LogP contribution < -0.4 is 9.05 Å². The van der Waals surface area contributed by atoms with Crippen molar-refractivity contribution in [3.05, 3.63) is 59.7 Å². The minimum absolute atomic E-state index is 0.509. The molecule has 0 saturated carbocycles. The van der Waals surface area contributed by atoms with E-state index in [1.54, 1.807) is 0 Å². The Morgan fingerprint density at radius 1 is 0.864 bits per heavy atom. The maximum Gasteiger partial charge on any atom is 0.434 e. The van der Waals surface area contributed by atoms with E-state index < -0.39 is 6.72 Å². The van der Waals surface area contributed by atoms with Gasteiger partial charge in [0.05, 0.1) is 6.61 Å². The molecule has 0 aliphatic rings. The van der Waals surface area contributed by atoms with E-state index in [4.69, 9.17) is 25.4 Å². The Bertz CT molecular complexity index is 621. The maximum atomic E-state index is 5.98. The molecule has 22 heavy (non-hydrogen) atoms. The first-order valence-electron chi connectivity index (χ1n) is 7.29. The van der Waals surface area contributed by atoms with Crippen LogP contribution in [0.2, 0.25) is 0 Å². The summed E-state index contributed by atoms with van der Waals surface area (Å²) < 4.78 is 17.7. The van der Waals surface area contributed by atoms with Gasteiger partial charge in [-0.25, -0.2) is 0 Å². The Kier molecular flexibility index (Phi) is 6.01. The molecule has 3 nitrogen and oxygen atoms in total. The van der Waals surface area contributed by atoms with Crippen molar-refractivity contribution in [2.75, 3.05) is 6.61 Å². The Hall–Kier alpha value is -1.35. The molecule has 0 spiro atoms. The van der Waals surface area contributed by atoms with Gasteiger partial charge in [-0.1, -0.05) is 43.3 Å². The van der Waals surface area contributed by atoms with Crippen molar-refractivity contribution in [1.82, 2.24) is 0 Å². The minimum Gasteiger partial charge on any atom is -0.415 e. The molecular formula is C17H21O3PS. The SMILES string of the molecule is CCCOP(=S)(Oc1ccccc1C)Oc1ccccc1C. The van der Waals surface area contributed by atoms with Gasteiger partial charge in [-0.3, -0.25) is 4.52 Å². The molecule has 118 valence electrons. The van der Waals surface area contributed by atoms with Crippen LogP contribution in [0.1, 0.15) is 24.5 Å². The molecule has 0 unspecified atom stereocenters. The van der Waals surface area contributed by atoms with Crippen LogP contribution in [0.4, 0.5) is 0 Å². The van der Waals surface area contributed by atoms with Gasteiger partial charge in [-0.15, -0.1) is 0 Å². The van der Waals surface area contributed by atoms with Crippen LogP contribution in [0.15, 0.2) is 48.5 Å². The molecular weight excluding hydrogens is 315 g/mol. The highest BCUT2D eigenvalue weighted by atomic mass is 32.5. The fourth-order valence-electron chi connectivity index (χ4n) is 1.83. The summed E-state index contributed by atoms with van der Waals surface area (Å²) in [6.07, 6.45) is 0.854. The summed E-state index contributed by atoms with van der Waals surface area (Å²) in [6.45, 7) is 3.59. The third-order valence-corrected chi connectivity index (χ3v) is 5.16. The van der Waals surface area contributed by atoms with Crippen molar-refractivity contribution in [3.8, 4) is 11.5 Å². The van der Waals surface area contributed by atoms with Crippen molar-refractivity contribution in [2.24, 2.45) is 0 Å². The van der Waals surface area contributed by atoms with Crippen LogP contribution in [0.5, 0.6) is 11.5 Å². The molecule has 0 N–H and O–H groups in total. The standard InChI is InChI=1S/C17H21O3PS/c1-4-13-18-21(22,19-16-11-7-5-9-14(16)2)20-17-12-8-6-10-15(17)3/h5-12H,4,13H2,1-3H3. The molecule has 0 amide bonds. The Morgan fingerprint density at radius 3 is 1.73 bits per heavy atom. The first kappa shape index (κ1) is 17.0. The molecule has 0 saturated heterocycles. The summed E-state index contributed by atoms with van der Waals surface area (Å²) in [4.78, 5) is 0. The Morgan fingerprint density at radius 2 is 1.32 bits per heavy atom. The van der Waals surface area contributed by atoms with Gasteiger partial charge in [0.2, 0.25) is 0 Å². The highest BCUT2D eigenvalue weighted by Gasteiger charge is 2.25. The summed E-state index contributed by atoms with van der Waals surface area (Å²) in [6, 6.07) is 15.5. The predicted octanol–water partition coefficient (Wildman–Crippen LogP) is 5.41. The molecule has 0 fully saturated rings. The van der Waals surface area contributed by atoms with Crippen LogP contribution >= 0.6 is 6.72 Å². The van der Waals surface area contributed by atoms with Gasteiger partial charge < -0.3 is 9.05 Å². The average Bonchev–Trinajstić information content (AvgIpc) is 2.50. The van der Waals surface area contributed by atoms with E-state index >= 15 is 0 Å². The fourth-order valence-corrected chi connectivity index (χ4v) is 3.98. The summed E-state index contributed by atoms with van der Waals surface area (Å²) >= 11 is 5.60. The smallest absolute Gasteiger partial charge is 0.415 e. The van der Waals surface area contributed by atoms with Gasteiger partial charge in [0, 0.05) is 11.8 Å². The van der Waals surface area contributed by atoms with E-state index in [1.165, 1.54) is 0 Å². The van der Waals surface area contributed by atoms with Crippen LogP contribution in [0.25, 0.3) is 0 Å². The first-order valence-corrected chi connectivity index (χ1v) is 9.85. The zero-order chi connectivity index (χ0) is 16.0. The van der Waals surface area contributed by atoms with E-state index in [2.05, 4.69) is 0 Å². The highest BCUT2D eigenvalue weighted by Crippen LogP contribution is 2.51. The van der Waals surface area contributed by atoms with E-state index in [1.807, 2.05) is 69.3 Å². The molecule has 0 aromatic heterocycles. The predicted molar refractivity (Wildman–Crippen MR) is 94.1 cm³/mol. The molecule has 0 aliphatic carbocycles. The topological polar surface area (TPSA) is 27.7 Å². The second kappa shape index (κ2) is 7.77. The third kappa shape index (κ3) is 4.57. The van der Waals surface area contributed by atoms with Gasteiger partial charge in [0.1, 0.15) is 11.5 Å². The fraction of sp³-hybridized carbons (Fsp3) is 0.294. The monoisotopic (exact) mass is 336 g/mol. The molecule has 0 heterocycles. The van der Waals surface area contributed by atoms with Crippen molar-refractivity contribution < 1.29 is 13.6 Å². The molecule has 5 heteroatoms. The minimum atomic E-state index is -2.90. The second-order valence-corrected chi connectivity index (χ2v) is 7.85. The van der Waals surface area contributed by atoms with Crippen molar-refractivity contribution in [2.45, 2.75) is 27.2 Å². The maximum absolute atomic E-state index is 5.98. The molecule has 0 atom stereocenters. The van der Waals surface area contributed by atoms with Gasteiger partial charge in [-0.2, -0.15) is 0 Å². The van der Waals surface area contributed by atoms with Crippen molar-refractivity contribution >= 4 is 18.5 Å². The quantitative estimate of drug-likeness (QED) is 0.632. The molecule has 2 aromatic rings. The zero-order valence-electron chi connectivity index (χ0n) is 13.1. The Balaban J connectivity index is 2.26. The van der Waals surface area contributed by atoms with Gasteiger partial charge in [0.15, 0.2) is 0 Å². The normalized spacial score (nSPS) is 11.2. The van der Waals surface area contributed by atoms with Gasteiger partial charge >= 0.3 is 6.72 Å². The largest absolute Gasteiger partial charge is 0.434 e. The molecule has 2 rings (SSSR count). The zero-order valence-corrected chi connectivity index (χ0v) is 14.8. The summed E-state index contributed by atoms with van der Waals surface area (Å²) in [5, 5.41) is 0. The highest BCUT2D eigenvalue weighted by molar-refractivity contribution is 8.07. The van der Waals surface area contributed by atoms with Crippen LogP contribution in [-0.4, -0.2) is 6.61 Å². The van der Waals surface area contributed by atoms with Crippen LogP contribution in [-0.2, 0) is 16.3 Å². The first-order chi connectivity index (χ1) is 10.5. The number of hydrogen-bond acceptors (Lipinski definition) is 4. The molecule has 0 aliphatic heterocycles. The third-order valence-electron chi connectivity index (χ3n) is 3.06. The number of benzene rings is 2. The van der Waals surface area contributed by atoms with Gasteiger partial charge in [-0.05, 0) is 43.5 Å². The summed E-state index contributed by atoms with van der Waals surface area (Å²) in [5.74, 6) is 1.41. The average molecular weight is 336 g/mol. The number of aryl methyl sites for hydroxylation is 2. The summed E-state index contributed by atoms with van der Waals surface area (Å²) in [5.41, 5.74) is 2.01. The van der Waals surface area contributed by atoms with Crippen LogP contribution in [0, 0.1) is 13.8 Å². The van der Waals surface area contributed by atoms with Crippen molar-refractivity contribution in [1.29, 1.82) is 0 Å². The van der Waals surface area contributed by atoms with E-state index in [0.29, 0.717) is 18.1 Å². The van der Waals surface area contributed by atoms with Crippen molar-refractivity contribution in [3.63, 3.8) is 0 Å². The van der Waals surface area contributed by atoms with E-state index in [0.717, 1.165) is 17.5 Å². The van der Waals surface area contributed by atoms with Crippen LogP contribution in [0.3, 0.4) is 0 Å². The van der Waals surface area contributed by atoms with Gasteiger partial charge in [0.25, 0.3) is 0 Å². The summed E-state index contributed by atoms with van der Waals surface area (Å²) in [7, 11) is 0. The second-order valence-electron chi connectivity index (χ2n) is 4.99.